The molecule has 1 saturated heterocycles. The Labute approximate surface area is 193 Å². The normalized spacial score (nSPS) is 19.6. The lowest BCUT2D eigenvalue weighted by atomic mass is 9.92. The molecule has 11 heteroatoms. The third kappa shape index (κ3) is 4.10. The Kier molecular flexibility index (Phi) is 5.61. The van der Waals surface area contributed by atoms with E-state index in [1.807, 2.05) is 6.08 Å². The van der Waals surface area contributed by atoms with Gasteiger partial charge in [0.1, 0.15) is 18.5 Å². The van der Waals surface area contributed by atoms with Crippen LogP contribution in [0.4, 0.5) is 0 Å². The Balaban J connectivity index is 1.28. The number of halogens is 1. The summed E-state index contributed by atoms with van der Waals surface area (Å²) in [4.78, 5) is 31.7. The Morgan fingerprint density at radius 3 is 2.85 bits per heavy atom. The zero-order chi connectivity index (χ0) is 22.9. The fourth-order valence-electron chi connectivity index (χ4n) is 4.24. The van der Waals surface area contributed by atoms with E-state index < -0.39 is 18.1 Å². The Bertz CT molecular complexity index is 1220. The summed E-state index contributed by atoms with van der Waals surface area (Å²) in [5, 5.41) is 25.1. The smallest absolute Gasteiger partial charge is 0.256 e. The van der Waals surface area contributed by atoms with Crippen molar-refractivity contribution in [2.24, 2.45) is 5.92 Å². The number of allylic oxidation sites excluding steroid dienone is 1. The zero-order valence-corrected chi connectivity index (χ0v) is 18.1. The first kappa shape index (κ1) is 21.2. The monoisotopic (exact) mass is 465 g/mol. The molecule has 4 heterocycles. The number of carbonyl (C=O) groups is 2. The van der Waals surface area contributed by atoms with Crippen LogP contribution in [-0.4, -0.2) is 59.2 Å². The predicted molar refractivity (Wildman–Crippen MR) is 117 cm³/mol. The van der Waals surface area contributed by atoms with Gasteiger partial charge in [-0.3, -0.25) is 14.6 Å². The van der Waals surface area contributed by atoms with Crippen LogP contribution < -0.4 is 5.32 Å². The predicted octanol–water partition coefficient (Wildman–Crippen LogP) is 1.05. The van der Waals surface area contributed by atoms with E-state index in [1.165, 1.54) is 15.9 Å². The molecular formula is C22H20ClN7O3. The molecule has 10 nitrogen and oxygen atoms in total. The molecule has 33 heavy (non-hydrogen) atoms. The lowest BCUT2D eigenvalue weighted by Crippen LogP contribution is -2.48. The Morgan fingerprint density at radius 2 is 2.12 bits per heavy atom. The quantitative estimate of drug-likeness (QED) is 0.534. The van der Waals surface area contributed by atoms with E-state index in [-0.39, 0.29) is 24.8 Å². The number of benzene rings is 1. The highest BCUT2D eigenvalue weighted by molar-refractivity contribution is 6.30. The number of hydrogen-bond donors (Lipinski definition) is 2. The van der Waals surface area contributed by atoms with Gasteiger partial charge in [0.05, 0.1) is 5.69 Å². The lowest BCUT2D eigenvalue weighted by Gasteiger charge is -2.25. The largest absolute Gasteiger partial charge is 0.383 e. The van der Waals surface area contributed by atoms with Crippen LogP contribution in [0.15, 0.2) is 60.7 Å². The van der Waals surface area contributed by atoms with E-state index in [0.717, 1.165) is 11.3 Å². The molecule has 168 valence electrons. The molecule has 3 atom stereocenters. The third-order valence-electron chi connectivity index (χ3n) is 5.85. The number of amides is 2. The number of aliphatic hydroxyl groups is 1. The van der Waals surface area contributed by atoms with Gasteiger partial charge in [0.15, 0.2) is 0 Å². The number of rotatable bonds is 7. The summed E-state index contributed by atoms with van der Waals surface area (Å²) in [5.74, 6) is -0.863. The van der Waals surface area contributed by atoms with E-state index in [0.29, 0.717) is 22.8 Å². The molecule has 2 amide bonds. The first-order valence-electron chi connectivity index (χ1n) is 10.4. The van der Waals surface area contributed by atoms with E-state index in [2.05, 4.69) is 25.8 Å². The SMILES string of the molecule is O=C(NCc1cc(Cl)ccc1-n1cnnn1)C1C2C=C(C2)N1C(=O)[C@H](O)Cc1ccccn1. The maximum absolute atomic E-state index is 13.1. The van der Waals surface area contributed by atoms with Gasteiger partial charge in [-0.15, -0.1) is 5.10 Å². The molecule has 3 aromatic rings. The van der Waals surface area contributed by atoms with Crippen LogP contribution in [0.5, 0.6) is 0 Å². The molecule has 2 aliphatic heterocycles. The van der Waals surface area contributed by atoms with Crippen molar-refractivity contribution in [3.63, 3.8) is 0 Å². The number of aliphatic hydroxyl groups excluding tert-OH is 1. The van der Waals surface area contributed by atoms with E-state index in [4.69, 9.17) is 11.6 Å². The second kappa shape index (κ2) is 8.72. The molecule has 0 radical (unpaired) electrons. The summed E-state index contributed by atoms with van der Waals surface area (Å²) in [6.45, 7) is 0.172. The van der Waals surface area contributed by atoms with Gasteiger partial charge in [-0.2, -0.15) is 0 Å². The summed E-state index contributed by atoms with van der Waals surface area (Å²) in [5.41, 5.74) is 2.77. The van der Waals surface area contributed by atoms with Crippen LogP contribution in [0.2, 0.25) is 5.02 Å². The molecule has 2 aromatic heterocycles. The summed E-state index contributed by atoms with van der Waals surface area (Å²) in [6, 6.07) is 9.82. The summed E-state index contributed by atoms with van der Waals surface area (Å²) in [6.07, 6.45) is 4.40. The molecule has 3 aliphatic rings. The first-order chi connectivity index (χ1) is 16.0. The number of tetrazole rings is 1. The summed E-state index contributed by atoms with van der Waals surface area (Å²) in [7, 11) is 0. The summed E-state index contributed by atoms with van der Waals surface area (Å²) < 4.78 is 1.48. The fourth-order valence-corrected chi connectivity index (χ4v) is 4.43. The minimum atomic E-state index is -1.28. The van der Waals surface area contributed by atoms with E-state index in [1.54, 1.807) is 42.6 Å². The van der Waals surface area contributed by atoms with Gasteiger partial charge >= 0.3 is 0 Å². The highest BCUT2D eigenvalue weighted by Gasteiger charge is 2.50. The number of hydrogen-bond acceptors (Lipinski definition) is 7. The van der Waals surface area contributed by atoms with Crippen LogP contribution in [0.3, 0.4) is 0 Å². The highest BCUT2D eigenvalue weighted by atomic mass is 35.5. The number of fused-ring (bicyclic) bond motifs is 1. The first-order valence-corrected chi connectivity index (χ1v) is 10.8. The molecule has 2 bridgehead atoms. The van der Waals surface area contributed by atoms with E-state index >= 15 is 0 Å². The minimum Gasteiger partial charge on any atom is -0.383 e. The van der Waals surface area contributed by atoms with Crippen LogP contribution >= 0.6 is 11.6 Å². The average molecular weight is 466 g/mol. The van der Waals surface area contributed by atoms with Crippen LogP contribution in [0, 0.1) is 5.92 Å². The second-order valence-corrected chi connectivity index (χ2v) is 8.40. The Morgan fingerprint density at radius 1 is 1.27 bits per heavy atom. The molecular weight excluding hydrogens is 446 g/mol. The van der Waals surface area contributed by atoms with Crippen molar-refractivity contribution in [2.75, 3.05) is 0 Å². The number of aromatic nitrogens is 5. The molecule has 1 aliphatic carbocycles. The second-order valence-electron chi connectivity index (χ2n) is 7.97. The van der Waals surface area contributed by atoms with Gasteiger partial charge in [0.2, 0.25) is 5.91 Å². The summed E-state index contributed by atoms with van der Waals surface area (Å²) >= 11 is 6.15. The maximum atomic E-state index is 13.1. The number of carbonyl (C=O) groups excluding carboxylic acids is 2. The molecule has 6 rings (SSSR count). The number of nitrogens with one attached hydrogen (secondary N) is 1. The molecule has 0 saturated carbocycles. The van der Waals surface area contributed by atoms with Crippen molar-refractivity contribution < 1.29 is 14.7 Å². The van der Waals surface area contributed by atoms with Gasteiger partial charge in [-0.05, 0) is 52.7 Å². The maximum Gasteiger partial charge on any atom is 0.256 e. The molecule has 0 spiro atoms. The van der Waals surface area contributed by atoms with Crippen molar-refractivity contribution in [3.8, 4) is 5.69 Å². The van der Waals surface area contributed by atoms with Crippen molar-refractivity contribution in [2.45, 2.75) is 31.5 Å². The van der Waals surface area contributed by atoms with Gasteiger partial charge in [-0.25, -0.2) is 4.68 Å². The molecule has 2 N–H and O–H groups in total. The van der Waals surface area contributed by atoms with Crippen molar-refractivity contribution in [1.29, 1.82) is 0 Å². The number of pyridine rings is 1. The number of nitrogens with zero attached hydrogens (tertiary/aromatic N) is 6. The topological polar surface area (TPSA) is 126 Å². The Hall–Kier alpha value is -3.63. The zero-order valence-electron chi connectivity index (χ0n) is 17.4. The van der Waals surface area contributed by atoms with Crippen LogP contribution in [-0.2, 0) is 22.6 Å². The average Bonchev–Trinajstić information content (AvgIpc) is 3.52. The van der Waals surface area contributed by atoms with Crippen molar-refractivity contribution >= 4 is 23.4 Å². The van der Waals surface area contributed by atoms with Gasteiger partial charge in [-0.1, -0.05) is 23.7 Å². The molecule has 1 fully saturated rings. The highest BCUT2D eigenvalue weighted by Crippen LogP contribution is 2.44. The van der Waals surface area contributed by atoms with Crippen molar-refractivity contribution in [1.82, 2.24) is 35.4 Å². The van der Waals surface area contributed by atoms with Crippen LogP contribution in [0.25, 0.3) is 5.69 Å². The minimum absolute atomic E-state index is 0.0654. The fraction of sp³-hybridized carbons (Fsp3) is 0.273. The van der Waals surface area contributed by atoms with Gasteiger partial charge in [0, 0.05) is 41.5 Å². The lowest BCUT2D eigenvalue weighted by molar-refractivity contribution is -0.143. The molecule has 1 aromatic carbocycles. The van der Waals surface area contributed by atoms with Crippen molar-refractivity contribution in [3.05, 3.63) is 77.0 Å². The van der Waals surface area contributed by atoms with Gasteiger partial charge in [0.25, 0.3) is 5.91 Å². The van der Waals surface area contributed by atoms with E-state index in [9.17, 15) is 14.7 Å². The van der Waals surface area contributed by atoms with Gasteiger partial charge < -0.3 is 15.3 Å². The van der Waals surface area contributed by atoms with Crippen LogP contribution in [0.1, 0.15) is 17.7 Å². The molecule has 2 unspecified atom stereocenters. The third-order valence-corrected chi connectivity index (χ3v) is 6.09. The standard InChI is InChI=1S/C22H20ClN7O3/c23-15-4-5-18(29-12-26-27-28-29)14(7-15)11-25-21(32)20-13-8-17(9-13)30(20)22(33)19(31)10-16-3-1-2-6-24-16/h1-8,12-13,19-20,31H,9-11H2,(H,25,32)/t13?,19-,20?/m1/s1.